The summed E-state index contributed by atoms with van der Waals surface area (Å²) in [6, 6.07) is 5.77. The van der Waals surface area contributed by atoms with E-state index in [0.29, 0.717) is 55.5 Å². The third-order valence-corrected chi connectivity index (χ3v) is 7.95. The molecule has 0 bridgehead atoms. The van der Waals surface area contributed by atoms with E-state index in [0.717, 1.165) is 23.2 Å². The van der Waals surface area contributed by atoms with Crippen LogP contribution in [0.4, 0.5) is 14.5 Å². The number of anilines is 1. The van der Waals surface area contributed by atoms with Crippen LogP contribution in [-0.4, -0.2) is 79.5 Å². The van der Waals surface area contributed by atoms with E-state index in [1.165, 1.54) is 4.90 Å². The first-order valence-corrected chi connectivity index (χ1v) is 14.5. The summed E-state index contributed by atoms with van der Waals surface area (Å²) in [5.74, 6) is -2.12. The van der Waals surface area contributed by atoms with Crippen LogP contribution in [0, 0.1) is 5.92 Å². The van der Waals surface area contributed by atoms with E-state index in [1.807, 2.05) is 39.0 Å². The second-order valence-electron chi connectivity index (χ2n) is 10.3. The molecule has 2 unspecified atom stereocenters. The molecule has 1 aromatic rings. The average Bonchev–Trinajstić information content (AvgIpc) is 3.33. The van der Waals surface area contributed by atoms with Crippen LogP contribution in [0.3, 0.4) is 0 Å². The van der Waals surface area contributed by atoms with Gasteiger partial charge in [0.1, 0.15) is 17.5 Å². The first-order chi connectivity index (χ1) is 19.7. The van der Waals surface area contributed by atoms with Gasteiger partial charge in [0.05, 0.1) is 23.2 Å². The van der Waals surface area contributed by atoms with Crippen molar-refractivity contribution >= 4 is 41.8 Å². The quantitative estimate of drug-likeness (QED) is 0.152. The Balaban J connectivity index is 2.21. The molecule has 8 nitrogen and oxygen atoms in total. The lowest BCUT2D eigenvalue weighted by Gasteiger charge is -2.40. The number of para-hydroxylation sites is 1. The van der Waals surface area contributed by atoms with Gasteiger partial charge in [-0.15, -0.1) is 6.58 Å². The number of allylic oxidation sites excluding steroid dienone is 1. The number of likely N-dealkylation sites (tertiary alicyclic amines) is 1. The minimum Gasteiger partial charge on any atom is -0.357 e. The highest BCUT2D eigenvalue weighted by Crippen LogP contribution is 2.38. The Kier molecular flexibility index (Phi) is 11.5. The molecule has 0 radical (unpaired) electrons. The predicted octanol–water partition coefficient (Wildman–Crippen LogP) is 4.98. The number of carbonyl (C=O) groups excluding carboxylic acids is 2. The van der Waals surface area contributed by atoms with E-state index < -0.39 is 18.4 Å². The Morgan fingerprint density at radius 1 is 1.32 bits per heavy atom. The lowest BCUT2D eigenvalue weighted by atomic mass is 9.94. The molecule has 0 aromatic heterocycles. The van der Waals surface area contributed by atoms with Gasteiger partial charge in [0.15, 0.2) is 0 Å². The van der Waals surface area contributed by atoms with Crippen LogP contribution >= 0.6 is 11.6 Å². The molecule has 2 aliphatic heterocycles. The van der Waals surface area contributed by atoms with Gasteiger partial charge in [-0.05, 0) is 37.3 Å². The van der Waals surface area contributed by atoms with E-state index in [4.69, 9.17) is 16.6 Å². The Morgan fingerprint density at radius 3 is 2.51 bits per heavy atom. The van der Waals surface area contributed by atoms with Crippen molar-refractivity contribution in [2.75, 3.05) is 38.1 Å². The lowest BCUT2D eigenvalue weighted by molar-refractivity contribution is -0.109. The molecule has 0 spiro atoms. The fraction of sp³-hybridized carbons (Fsp3) is 0.533. The van der Waals surface area contributed by atoms with Crippen molar-refractivity contribution in [3.05, 3.63) is 52.8 Å². The number of hydrogen-bond donors (Lipinski definition) is 1. The monoisotopic (exact) mass is 590 g/mol. The molecule has 0 aliphatic carbocycles. The molecule has 1 N–H and O–H groups in total. The van der Waals surface area contributed by atoms with Gasteiger partial charge in [-0.2, -0.15) is 0 Å². The Bertz CT molecular complexity index is 1180. The Morgan fingerprint density at radius 2 is 2.00 bits per heavy atom. The van der Waals surface area contributed by atoms with Crippen LogP contribution in [0.2, 0.25) is 0 Å². The van der Waals surface area contributed by atoms with Crippen molar-refractivity contribution in [3.63, 3.8) is 0 Å². The lowest BCUT2D eigenvalue weighted by Crippen LogP contribution is -2.52. The molecule has 2 amide bonds. The second-order valence-corrected chi connectivity index (χ2v) is 10.8. The van der Waals surface area contributed by atoms with Crippen molar-refractivity contribution in [1.29, 1.82) is 0 Å². The van der Waals surface area contributed by atoms with E-state index in [9.17, 15) is 18.4 Å². The molecular formula is C30H41ClF2N6O2. The third-order valence-electron chi connectivity index (χ3n) is 7.62. The van der Waals surface area contributed by atoms with E-state index in [2.05, 4.69) is 21.8 Å². The molecule has 41 heavy (non-hydrogen) atoms. The first kappa shape index (κ1) is 32.2. The topological polar surface area (TPSA) is 80.6 Å². The summed E-state index contributed by atoms with van der Waals surface area (Å²) >= 11 is 6.83. The van der Waals surface area contributed by atoms with Gasteiger partial charge in [-0.3, -0.25) is 19.5 Å². The smallest absolute Gasteiger partial charge is 0.266 e. The van der Waals surface area contributed by atoms with E-state index >= 15 is 0 Å². The van der Waals surface area contributed by atoms with Crippen molar-refractivity contribution in [3.8, 4) is 0 Å². The van der Waals surface area contributed by atoms with Crippen LogP contribution in [0.1, 0.15) is 51.2 Å². The van der Waals surface area contributed by atoms with Gasteiger partial charge in [0.2, 0.25) is 12.8 Å². The molecule has 3 rings (SSSR count). The highest BCUT2D eigenvalue weighted by atomic mass is 35.5. The Hall–Kier alpha value is -3.27. The number of aliphatic imine (C=N–C) groups is 2. The van der Waals surface area contributed by atoms with Gasteiger partial charge >= 0.3 is 0 Å². The number of carbonyl (C=O) groups is 2. The summed E-state index contributed by atoms with van der Waals surface area (Å²) in [7, 11) is 1.67. The number of aryl methyl sites for hydroxylation is 2. The van der Waals surface area contributed by atoms with Gasteiger partial charge in [-0.25, -0.2) is 13.8 Å². The van der Waals surface area contributed by atoms with Crippen LogP contribution in [0.25, 0.3) is 0 Å². The van der Waals surface area contributed by atoms with Gasteiger partial charge < -0.3 is 15.1 Å². The standard InChI is InChI=1S/C30H41ClF2N6O2/c1-6-9-14-38(21(4)17-35-19-40)27(34-5)24-16-25(31)29(37-15-13-30(32,33)18-37)36-28(24)39(20-41)26-22(7-2)11-10-12-23(26)8-3/h6,10-12,19-21,24H,1,7-9,13-18H2,2-5H3,(H,35,40). The summed E-state index contributed by atoms with van der Waals surface area (Å²) in [6.07, 6.45) is 5.15. The molecule has 11 heteroatoms. The number of rotatable bonds is 13. The van der Waals surface area contributed by atoms with Crippen molar-refractivity contribution < 1.29 is 18.4 Å². The van der Waals surface area contributed by atoms with Gasteiger partial charge in [0.25, 0.3) is 5.92 Å². The van der Waals surface area contributed by atoms with E-state index in [1.54, 1.807) is 18.0 Å². The minimum atomic E-state index is -2.84. The maximum absolute atomic E-state index is 14.2. The molecule has 2 heterocycles. The number of nitrogens with one attached hydrogen (secondary N) is 1. The largest absolute Gasteiger partial charge is 0.357 e. The molecule has 224 valence electrons. The second kappa shape index (κ2) is 14.6. The van der Waals surface area contributed by atoms with Crippen LogP contribution in [0.5, 0.6) is 0 Å². The minimum absolute atomic E-state index is 0.113. The number of halogens is 3. The molecule has 2 atom stereocenters. The first-order valence-electron chi connectivity index (χ1n) is 14.1. The normalized spacial score (nSPS) is 19.5. The van der Waals surface area contributed by atoms with Gasteiger partial charge in [0, 0.05) is 45.6 Å². The summed E-state index contributed by atoms with van der Waals surface area (Å²) < 4.78 is 28.5. The number of hydrogen-bond acceptors (Lipinski definition) is 5. The number of nitrogens with zero attached hydrogens (tertiary/aromatic N) is 5. The van der Waals surface area contributed by atoms with Crippen LogP contribution in [0.15, 0.2) is 51.7 Å². The van der Waals surface area contributed by atoms with Crippen LogP contribution < -0.4 is 10.2 Å². The molecule has 1 fully saturated rings. The van der Waals surface area contributed by atoms with Crippen molar-refractivity contribution in [2.24, 2.45) is 15.9 Å². The third kappa shape index (κ3) is 7.33. The fourth-order valence-electron chi connectivity index (χ4n) is 5.55. The van der Waals surface area contributed by atoms with Crippen molar-refractivity contribution in [2.45, 2.75) is 64.8 Å². The number of amidine groups is 2. The molecule has 2 aliphatic rings. The summed E-state index contributed by atoms with van der Waals surface area (Å²) in [5.41, 5.74) is 2.67. The highest BCUT2D eigenvalue weighted by Gasteiger charge is 2.43. The predicted molar refractivity (Wildman–Crippen MR) is 162 cm³/mol. The van der Waals surface area contributed by atoms with Crippen LogP contribution in [-0.2, 0) is 22.4 Å². The maximum atomic E-state index is 14.2. The van der Waals surface area contributed by atoms with Gasteiger partial charge in [-0.1, -0.05) is 49.7 Å². The molecule has 0 saturated carbocycles. The summed E-state index contributed by atoms with van der Waals surface area (Å²) in [6.45, 7) is 10.4. The zero-order valence-corrected chi connectivity index (χ0v) is 25.1. The van der Waals surface area contributed by atoms with E-state index in [-0.39, 0.29) is 31.2 Å². The molecule has 1 saturated heterocycles. The van der Waals surface area contributed by atoms with Crippen molar-refractivity contribution in [1.82, 2.24) is 15.1 Å². The summed E-state index contributed by atoms with van der Waals surface area (Å²) in [5, 5.41) is 3.07. The maximum Gasteiger partial charge on any atom is 0.266 e. The summed E-state index contributed by atoms with van der Waals surface area (Å²) in [4.78, 5) is 38.7. The number of benzene rings is 1. The number of alkyl halides is 2. The fourth-order valence-corrected chi connectivity index (χ4v) is 5.86. The SMILES string of the molecule is C=CCCN(C(=NC)C1CC(Cl)=C(N2CCC(F)(F)C2)N=C1N(C=O)c1c(CC)cccc1CC)C(C)CNC=O. The molecule has 1 aromatic carbocycles. The zero-order chi connectivity index (χ0) is 30.2. The zero-order valence-electron chi connectivity index (χ0n) is 24.4. The number of amides is 2. The Labute approximate surface area is 246 Å². The highest BCUT2D eigenvalue weighted by molar-refractivity contribution is 6.31. The average molecular weight is 591 g/mol. The molecular weight excluding hydrogens is 550 g/mol.